The van der Waals surface area contributed by atoms with E-state index in [2.05, 4.69) is 9.97 Å². The molecule has 0 unspecified atom stereocenters. The van der Waals surface area contributed by atoms with E-state index in [-0.39, 0.29) is 12.4 Å². The molecule has 3 aromatic rings. The first kappa shape index (κ1) is 13.3. The first-order valence-corrected chi connectivity index (χ1v) is 5.83. The molecule has 0 fully saturated rings. The molecule has 0 aliphatic heterocycles. The van der Waals surface area contributed by atoms with Gasteiger partial charge in [-0.15, -0.1) is 12.4 Å². The molecule has 0 atom stereocenters. The van der Waals surface area contributed by atoms with Gasteiger partial charge in [0, 0.05) is 11.1 Å². The van der Waals surface area contributed by atoms with Crippen LogP contribution in [0.25, 0.3) is 22.2 Å². The van der Waals surface area contributed by atoms with Gasteiger partial charge in [-0.3, -0.25) is 4.98 Å². The highest BCUT2D eigenvalue weighted by molar-refractivity contribution is 5.93. The van der Waals surface area contributed by atoms with E-state index in [0.717, 1.165) is 27.9 Å². The van der Waals surface area contributed by atoms with Crippen LogP contribution in [-0.4, -0.2) is 9.97 Å². The number of nitrogens with two attached hydrogens (primary N) is 1. The molecule has 0 amide bonds. The van der Waals surface area contributed by atoms with Gasteiger partial charge in [-0.1, -0.05) is 30.3 Å². The molecule has 0 aliphatic carbocycles. The molecule has 0 saturated heterocycles. The number of halogens is 1. The van der Waals surface area contributed by atoms with Crippen molar-refractivity contribution in [3.63, 3.8) is 0 Å². The van der Waals surface area contributed by atoms with Crippen LogP contribution in [0.5, 0.6) is 0 Å². The number of nitrogen functional groups attached to an aromatic ring is 1. The molecule has 3 rings (SSSR count). The fourth-order valence-corrected chi connectivity index (χ4v) is 2.04. The number of anilines is 1. The van der Waals surface area contributed by atoms with Gasteiger partial charge in [0.15, 0.2) is 0 Å². The van der Waals surface area contributed by atoms with E-state index in [0.29, 0.717) is 5.82 Å². The molecular weight excluding hydrogens is 258 g/mol. The van der Waals surface area contributed by atoms with Gasteiger partial charge in [-0.2, -0.15) is 0 Å². The Bertz CT molecular complexity index is 725. The number of hydrogen-bond donors (Lipinski definition) is 1. The molecule has 0 bridgehead atoms. The maximum atomic E-state index is 5.99. The minimum atomic E-state index is 0. The van der Waals surface area contributed by atoms with E-state index < -0.39 is 0 Å². The summed E-state index contributed by atoms with van der Waals surface area (Å²) in [6.45, 7) is 1.97. The van der Waals surface area contributed by atoms with Crippen LogP contribution in [0.2, 0.25) is 0 Å². The number of nitrogens with zero attached hydrogens (tertiary/aromatic N) is 2. The molecule has 0 aliphatic rings. The minimum absolute atomic E-state index is 0. The predicted octanol–water partition coefficient (Wildman–Crippen LogP) is 3.61. The second-order valence-electron chi connectivity index (χ2n) is 4.28. The number of rotatable bonds is 1. The average molecular weight is 272 g/mol. The van der Waals surface area contributed by atoms with Crippen LogP contribution in [-0.2, 0) is 0 Å². The maximum Gasteiger partial charge on any atom is 0.132 e. The van der Waals surface area contributed by atoms with Gasteiger partial charge < -0.3 is 5.73 Å². The zero-order valence-corrected chi connectivity index (χ0v) is 11.3. The lowest BCUT2D eigenvalue weighted by atomic mass is 10.1. The van der Waals surface area contributed by atoms with E-state index in [1.807, 2.05) is 55.5 Å². The fraction of sp³-hybridized carbons (Fsp3) is 0.0667. The highest BCUT2D eigenvalue weighted by Crippen LogP contribution is 2.24. The van der Waals surface area contributed by atoms with Crippen LogP contribution in [0.15, 0.2) is 48.5 Å². The van der Waals surface area contributed by atoms with Crippen LogP contribution in [0, 0.1) is 6.92 Å². The summed E-state index contributed by atoms with van der Waals surface area (Å²) in [7, 11) is 0. The molecule has 2 N–H and O–H groups in total. The van der Waals surface area contributed by atoms with Crippen molar-refractivity contribution in [3.8, 4) is 11.4 Å². The Morgan fingerprint density at radius 1 is 0.895 bits per heavy atom. The summed E-state index contributed by atoms with van der Waals surface area (Å²) in [6, 6.07) is 15.9. The molecule has 0 spiro atoms. The van der Waals surface area contributed by atoms with Gasteiger partial charge in [0.2, 0.25) is 0 Å². The predicted molar refractivity (Wildman–Crippen MR) is 81.4 cm³/mol. The molecule has 2 heterocycles. The Balaban J connectivity index is 0.00000133. The van der Waals surface area contributed by atoms with Crippen molar-refractivity contribution in [2.24, 2.45) is 0 Å². The number of aryl methyl sites for hydroxylation is 1. The van der Waals surface area contributed by atoms with Crippen LogP contribution in [0.1, 0.15) is 5.69 Å². The van der Waals surface area contributed by atoms with Gasteiger partial charge >= 0.3 is 0 Å². The van der Waals surface area contributed by atoms with Crippen LogP contribution in [0.3, 0.4) is 0 Å². The fourth-order valence-electron chi connectivity index (χ4n) is 2.04. The lowest BCUT2D eigenvalue weighted by Crippen LogP contribution is -1.96. The molecular formula is C15H14ClN3. The van der Waals surface area contributed by atoms with E-state index in [9.17, 15) is 0 Å². The Labute approximate surface area is 117 Å². The van der Waals surface area contributed by atoms with Crippen LogP contribution >= 0.6 is 12.4 Å². The summed E-state index contributed by atoms with van der Waals surface area (Å²) in [5.74, 6) is 0.548. The van der Waals surface area contributed by atoms with Crippen molar-refractivity contribution in [3.05, 3.63) is 54.2 Å². The molecule has 4 heteroatoms. The highest BCUT2D eigenvalue weighted by atomic mass is 35.5. The van der Waals surface area contributed by atoms with Crippen molar-refractivity contribution in [1.82, 2.24) is 9.97 Å². The Morgan fingerprint density at radius 3 is 2.47 bits per heavy atom. The lowest BCUT2D eigenvalue weighted by molar-refractivity contribution is 1.18. The zero-order valence-electron chi connectivity index (χ0n) is 10.5. The summed E-state index contributed by atoms with van der Waals surface area (Å²) in [5, 5.41) is 2.07. The first-order valence-electron chi connectivity index (χ1n) is 5.83. The number of pyridine rings is 2. The molecule has 2 aromatic heterocycles. The van der Waals surface area contributed by atoms with E-state index >= 15 is 0 Å². The van der Waals surface area contributed by atoms with Crippen LogP contribution in [0.4, 0.5) is 5.82 Å². The zero-order chi connectivity index (χ0) is 12.5. The van der Waals surface area contributed by atoms with E-state index in [4.69, 9.17) is 5.73 Å². The first-order chi connectivity index (χ1) is 8.74. The van der Waals surface area contributed by atoms with Gasteiger partial charge in [-0.25, -0.2) is 4.98 Å². The molecule has 19 heavy (non-hydrogen) atoms. The SMILES string of the molecule is Cc1cccc(-c2cc3ccccc3c(N)n2)n1.Cl. The normalized spacial score (nSPS) is 10.2. The third-order valence-electron chi connectivity index (χ3n) is 2.92. The summed E-state index contributed by atoms with van der Waals surface area (Å²) in [4.78, 5) is 8.90. The Kier molecular flexibility index (Phi) is 3.67. The summed E-state index contributed by atoms with van der Waals surface area (Å²) < 4.78 is 0. The van der Waals surface area contributed by atoms with E-state index in [1.165, 1.54) is 0 Å². The molecule has 96 valence electrons. The molecule has 0 radical (unpaired) electrons. The largest absolute Gasteiger partial charge is 0.383 e. The van der Waals surface area contributed by atoms with Crippen molar-refractivity contribution in [1.29, 1.82) is 0 Å². The van der Waals surface area contributed by atoms with Gasteiger partial charge in [0.25, 0.3) is 0 Å². The second-order valence-corrected chi connectivity index (χ2v) is 4.28. The summed E-state index contributed by atoms with van der Waals surface area (Å²) >= 11 is 0. The monoisotopic (exact) mass is 271 g/mol. The standard InChI is InChI=1S/C15H13N3.ClH/c1-10-5-4-8-13(17-10)14-9-11-6-2-3-7-12(11)15(16)18-14;/h2-9H,1H3,(H2,16,18);1H. The number of aromatic nitrogens is 2. The third kappa shape index (κ3) is 2.51. The topological polar surface area (TPSA) is 51.8 Å². The average Bonchev–Trinajstić information content (AvgIpc) is 2.39. The van der Waals surface area contributed by atoms with Gasteiger partial charge in [-0.05, 0) is 30.5 Å². The smallest absolute Gasteiger partial charge is 0.132 e. The minimum Gasteiger partial charge on any atom is -0.383 e. The Hall–Kier alpha value is -2.13. The molecule has 0 saturated carbocycles. The number of fused-ring (bicyclic) bond motifs is 1. The number of hydrogen-bond acceptors (Lipinski definition) is 3. The Morgan fingerprint density at radius 2 is 1.68 bits per heavy atom. The van der Waals surface area contributed by atoms with Gasteiger partial charge in [0.05, 0.1) is 11.4 Å². The third-order valence-corrected chi connectivity index (χ3v) is 2.92. The molecule has 1 aromatic carbocycles. The van der Waals surface area contributed by atoms with Crippen LogP contribution < -0.4 is 5.73 Å². The van der Waals surface area contributed by atoms with Crippen molar-refractivity contribution in [2.75, 3.05) is 5.73 Å². The maximum absolute atomic E-state index is 5.99. The molecule has 3 nitrogen and oxygen atoms in total. The summed E-state index contributed by atoms with van der Waals surface area (Å²) in [5.41, 5.74) is 8.64. The van der Waals surface area contributed by atoms with Crippen molar-refractivity contribution in [2.45, 2.75) is 6.92 Å². The summed E-state index contributed by atoms with van der Waals surface area (Å²) in [6.07, 6.45) is 0. The van der Waals surface area contributed by atoms with E-state index in [1.54, 1.807) is 0 Å². The van der Waals surface area contributed by atoms with Crippen molar-refractivity contribution < 1.29 is 0 Å². The quantitative estimate of drug-likeness (QED) is 0.736. The number of benzene rings is 1. The second kappa shape index (κ2) is 5.24. The van der Waals surface area contributed by atoms with Gasteiger partial charge in [0.1, 0.15) is 5.82 Å². The highest BCUT2D eigenvalue weighted by Gasteiger charge is 2.06. The van der Waals surface area contributed by atoms with Crippen molar-refractivity contribution >= 4 is 29.0 Å². The lowest BCUT2D eigenvalue weighted by Gasteiger charge is -2.06.